The monoisotopic (exact) mass is 199 g/mol. The lowest BCUT2D eigenvalue weighted by molar-refractivity contribution is -0.127. The maximum atomic E-state index is 11.5. The summed E-state index contributed by atoms with van der Waals surface area (Å²) in [5, 5.41) is 2.68. The number of amides is 1. The highest BCUT2D eigenvalue weighted by Gasteiger charge is 2.32. The molecule has 0 aliphatic carbocycles. The minimum atomic E-state index is -0.0452. The summed E-state index contributed by atoms with van der Waals surface area (Å²) in [6.07, 6.45) is 0.913. The summed E-state index contributed by atoms with van der Waals surface area (Å²) in [6, 6.07) is 0.514. The molecule has 1 unspecified atom stereocenters. The van der Waals surface area contributed by atoms with Gasteiger partial charge in [-0.1, -0.05) is 0 Å². The highest BCUT2D eigenvalue weighted by Crippen LogP contribution is 2.17. The average Bonchev–Trinajstić information content (AvgIpc) is 2.17. The Labute approximate surface area is 85.8 Å². The predicted molar refractivity (Wildman–Crippen MR) is 56.9 cm³/mol. The molecule has 1 heterocycles. The zero-order valence-electron chi connectivity index (χ0n) is 9.29. The predicted octanol–water partition coefficient (Wildman–Crippen LogP) is -0.210. The van der Waals surface area contributed by atoms with E-state index in [1.807, 2.05) is 0 Å². The maximum absolute atomic E-state index is 11.5. The molecule has 14 heavy (non-hydrogen) atoms. The Kier molecular flexibility index (Phi) is 3.89. The van der Waals surface area contributed by atoms with Gasteiger partial charge in [0, 0.05) is 25.7 Å². The minimum Gasteiger partial charge on any atom is -0.359 e. The largest absolute Gasteiger partial charge is 0.359 e. The number of piperidine rings is 1. The van der Waals surface area contributed by atoms with Crippen LogP contribution in [0.5, 0.6) is 0 Å². The Hall–Kier alpha value is -0.610. The number of carbonyl (C=O) groups is 1. The fourth-order valence-corrected chi connectivity index (χ4v) is 1.93. The van der Waals surface area contributed by atoms with Gasteiger partial charge in [0.1, 0.15) is 0 Å². The highest BCUT2D eigenvalue weighted by molar-refractivity contribution is 5.79. The van der Waals surface area contributed by atoms with E-state index < -0.39 is 0 Å². The van der Waals surface area contributed by atoms with Crippen LogP contribution >= 0.6 is 0 Å². The Morgan fingerprint density at radius 3 is 2.71 bits per heavy atom. The number of hydrogen-bond donors (Lipinski definition) is 2. The molecule has 82 valence electrons. The molecule has 0 saturated carbocycles. The lowest BCUT2D eigenvalue weighted by atomic mass is 9.91. The van der Waals surface area contributed by atoms with E-state index in [0.29, 0.717) is 6.04 Å². The first-order chi connectivity index (χ1) is 6.56. The van der Waals surface area contributed by atoms with Gasteiger partial charge < -0.3 is 16.0 Å². The van der Waals surface area contributed by atoms with Gasteiger partial charge in [0.2, 0.25) is 5.91 Å². The molecule has 4 nitrogen and oxygen atoms in total. The molecule has 0 aromatic heterocycles. The number of rotatable bonds is 2. The third kappa shape index (κ3) is 2.45. The van der Waals surface area contributed by atoms with Gasteiger partial charge in [0.05, 0.1) is 5.92 Å². The molecule has 2 atom stereocenters. The standard InChI is InChI=1S/C10H21N3O/c1-7(2)13-5-4-9(11)8(6-13)10(14)12-3/h7-9H,4-6,11H2,1-3H3,(H,12,14)/t8?,9-/m1/s1. The lowest BCUT2D eigenvalue weighted by Gasteiger charge is -2.38. The number of nitrogens with zero attached hydrogens (tertiary/aromatic N) is 1. The minimum absolute atomic E-state index is 0.0185. The second kappa shape index (κ2) is 4.75. The summed E-state index contributed by atoms with van der Waals surface area (Å²) >= 11 is 0. The van der Waals surface area contributed by atoms with Gasteiger partial charge in [-0.05, 0) is 26.8 Å². The van der Waals surface area contributed by atoms with Crippen LogP contribution in [0.1, 0.15) is 20.3 Å². The van der Waals surface area contributed by atoms with Gasteiger partial charge in [-0.3, -0.25) is 4.79 Å². The first-order valence-corrected chi connectivity index (χ1v) is 5.27. The summed E-state index contributed by atoms with van der Waals surface area (Å²) < 4.78 is 0. The topological polar surface area (TPSA) is 58.4 Å². The van der Waals surface area contributed by atoms with Crippen molar-refractivity contribution in [2.45, 2.75) is 32.4 Å². The van der Waals surface area contributed by atoms with Crippen LogP contribution in [0.4, 0.5) is 0 Å². The van der Waals surface area contributed by atoms with Crippen LogP contribution < -0.4 is 11.1 Å². The third-order valence-electron chi connectivity index (χ3n) is 3.01. The van der Waals surface area contributed by atoms with Crippen molar-refractivity contribution in [1.82, 2.24) is 10.2 Å². The smallest absolute Gasteiger partial charge is 0.225 e. The fraction of sp³-hybridized carbons (Fsp3) is 0.900. The molecule has 1 saturated heterocycles. The van der Waals surface area contributed by atoms with Crippen molar-refractivity contribution in [2.75, 3.05) is 20.1 Å². The van der Waals surface area contributed by atoms with Crippen LogP contribution in [0, 0.1) is 5.92 Å². The van der Waals surface area contributed by atoms with Gasteiger partial charge in [0.15, 0.2) is 0 Å². The van der Waals surface area contributed by atoms with Crippen molar-refractivity contribution in [1.29, 1.82) is 0 Å². The Balaban J connectivity index is 2.59. The number of likely N-dealkylation sites (tertiary alicyclic amines) is 1. The Morgan fingerprint density at radius 1 is 1.57 bits per heavy atom. The SMILES string of the molecule is CNC(=O)C1CN(C(C)C)CC[C@H]1N. The van der Waals surface area contributed by atoms with Crippen LogP contribution in [0.2, 0.25) is 0 Å². The van der Waals surface area contributed by atoms with E-state index in [1.165, 1.54) is 0 Å². The van der Waals surface area contributed by atoms with Crippen LogP contribution in [0.25, 0.3) is 0 Å². The number of hydrogen-bond acceptors (Lipinski definition) is 3. The van der Waals surface area contributed by atoms with Gasteiger partial charge >= 0.3 is 0 Å². The van der Waals surface area contributed by atoms with Crippen molar-refractivity contribution in [3.8, 4) is 0 Å². The first-order valence-electron chi connectivity index (χ1n) is 5.27. The number of nitrogens with one attached hydrogen (secondary N) is 1. The Morgan fingerprint density at radius 2 is 2.21 bits per heavy atom. The molecule has 1 fully saturated rings. The van der Waals surface area contributed by atoms with Crippen LogP contribution in [-0.4, -0.2) is 43.0 Å². The van der Waals surface area contributed by atoms with E-state index in [-0.39, 0.29) is 17.9 Å². The molecule has 1 aliphatic rings. The van der Waals surface area contributed by atoms with E-state index in [9.17, 15) is 4.79 Å². The zero-order chi connectivity index (χ0) is 10.7. The maximum Gasteiger partial charge on any atom is 0.225 e. The van der Waals surface area contributed by atoms with Gasteiger partial charge in [-0.2, -0.15) is 0 Å². The zero-order valence-corrected chi connectivity index (χ0v) is 9.29. The van der Waals surface area contributed by atoms with E-state index in [2.05, 4.69) is 24.1 Å². The number of carbonyl (C=O) groups excluding carboxylic acids is 1. The van der Waals surface area contributed by atoms with Gasteiger partial charge in [0.25, 0.3) is 0 Å². The molecule has 0 aromatic rings. The van der Waals surface area contributed by atoms with Crippen molar-refractivity contribution in [2.24, 2.45) is 11.7 Å². The highest BCUT2D eigenvalue weighted by atomic mass is 16.1. The molecule has 3 N–H and O–H groups in total. The van der Waals surface area contributed by atoms with Crippen LogP contribution in [0.15, 0.2) is 0 Å². The second-order valence-electron chi connectivity index (χ2n) is 4.26. The van der Waals surface area contributed by atoms with Crippen LogP contribution in [0.3, 0.4) is 0 Å². The van der Waals surface area contributed by atoms with Gasteiger partial charge in [-0.15, -0.1) is 0 Å². The molecule has 4 heteroatoms. The molecular weight excluding hydrogens is 178 g/mol. The molecule has 0 radical (unpaired) electrons. The van der Waals surface area contributed by atoms with Crippen molar-refractivity contribution >= 4 is 5.91 Å². The molecule has 0 spiro atoms. The van der Waals surface area contributed by atoms with E-state index in [0.717, 1.165) is 19.5 Å². The summed E-state index contributed by atoms with van der Waals surface area (Å²) in [5.74, 6) is 0.0269. The van der Waals surface area contributed by atoms with Crippen molar-refractivity contribution in [3.63, 3.8) is 0 Å². The summed E-state index contributed by atoms with van der Waals surface area (Å²) in [7, 11) is 1.67. The molecule has 0 bridgehead atoms. The third-order valence-corrected chi connectivity index (χ3v) is 3.01. The summed E-state index contributed by atoms with van der Waals surface area (Å²) in [4.78, 5) is 13.8. The Bertz CT molecular complexity index is 206. The molecular formula is C10H21N3O. The van der Waals surface area contributed by atoms with Gasteiger partial charge in [-0.25, -0.2) is 0 Å². The normalized spacial score (nSPS) is 29.2. The van der Waals surface area contributed by atoms with E-state index >= 15 is 0 Å². The first kappa shape index (κ1) is 11.5. The molecule has 1 aliphatic heterocycles. The fourth-order valence-electron chi connectivity index (χ4n) is 1.93. The summed E-state index contributed by atoms with van der Waals surface area (Å²) in [5.41, 5.74) is 5.93. The molecule has 0 aromatic carbocycles. The molecule has 1 amide bonds. The summed E-state index contributed by atoms with van der Waals surface area (Å²) in [6.45, 7) is 6.10. The number of nitrogens with two attached hydrogens (primary N) is 1. The molecule has 1 rings (SSSR count). The van der Waals surface area contributed by atoms with E-state index in [1.54, 1.807) is 7.05 Å². The van der Waals surface area contributed by atoms with Crippen molar-refractivity contribution in [3.05, 3.63) is 0 Å². The van der Waals surface area contributed by atoms with Crippen LogP contribution in [-0.2, 0) is 4.79 Å². The second-order valence-corrected chi connectivity index (χ2v) is 4.26. The quantitative estimate of drug-likeness (QED) is 0.647. The lowest BCUT2D eigenvalue weighted by Crippen LogP contribution is -2.54. The van der Waals surface area contributed by atoms with E-state index in [4.69, 9.17) is 5.73 Å². The van der Waals surface area contributed by atoms with Crippen molar-refractivity contribution < 1.29 is 4.79 Å². The average molecular weight is 199 g/mol.